The van der Waals surface area contributed by atoms with Crippen molar-refractivity contribution in [2.75, 3.05) is 6.26 Å². The van der Waals surface area contributed by atoms with Crippen LogP contribution in [0.25, 0.3) is 0 Å². The number of hydrogen-bond donors (Lipinski definition) is 1. The summed E-state index contributed by atoms with van der Waals surface area (Å²) in [5.41, 5.74) is 2.55. The Morgan fingerprint density at radius 3 is 2.02 bits per heavy atom. The fraction of sp³-hybridized carbons (Fsp3) is 0.220. The summed E-state index contributed by atoms with van der Waals surface area (Å²) in [6.45, 7) is 16.1. The van der Waals surface area contributed by atoms with E-state index in [2.05, 4.69) is 25.5 Å². The van der Waals surface area contributed by atoms with Crippen LogP contribution in [0.4, 0.5) is 0 Å². The lowest BCUT2D eigenvalue weighted by atomic mass is 10.1. The lowest BCUT2D eigenvalue weighted by molar-refractivity contribution is -0.107. The average molecular weight is 795 g/mol. The number of aliphatic hydroxyl groups is 1. The number of para-hydroxylation sites is 2. The summed E-state index contributed by atoms with van der Waals surface area (Å²) in [6, 6.07) is 17.3. The Balaban J connectivity index is 0.00000158. The molecule has 0 fully saturated rings. The zero-order chi connectivity index (χ0) is 40.7. The first-order valence-electron chi connectivity index (χ1n) is 16.2. The Hall–Kier alpha value is -4.81. The summed E-state index contributed by atoms with van der Waals surface area (Å²) in [4.78, 5) is 44.8. The molecule has 10 nitrogen and oxygen atoms in total. The molecular weight excluding hydrogens is 746 g/mol. The number of thioether (sulfide) groups is 1. The topological polar surface area (TPSA) is 135 Å². The van der Waals surface area contributed by atoms with Gasteiger partial charge in [0.15, 0.2) is 12.6 Å². The van der Waals surface area contributed by atoms with Crippen LogP contribution in [0.3, 0.4) is 0 Å². The second kappa shape index (κ2) is 30.6. The van der Waals surface area contributed by atoms with Gasteiger partial charge in [-0.05, 0) is 88.9 Å². The highest BCUT2D eigenvalue weighted by atomic mass is 32.2. The van der Waals surface area contributed by atoms with Gasteiger partial charge in [0.25, 0.3) is 0 Å². The Bertz CT molecular complexity index is 1680. The largest absolute Gasteiger partial charge is 0.512 e. The Labute approximate surface area is 326 Å². The number of rotatable bonds is 19. The number of hydrogen-bond acceptors (Lipinski definition) is 11. The molecule has 0 spiro atoms. The maximum absolute atomic E-state index is 11.6. The number of aryl methyl sites for hydroxylation is 1. The predicted octanol–water partition coefficient (Wildman–Crippen LogP) is 10.7. The SMILES string of the molecule is C#CC.C/C=C\C=C(\O)CC=O.C=C(C=O)C(C)OPOc1c(C)cc(SC)cc1COP(Oc1ccccc1C=O)Oc1ccccc1C=O.C=CC. The van der Waals surface area contributed by atoms with E-state index in [0.717, 1.165) is 10.5 Å². The first-order chi connectivity index (χ1) is 26.0. The van der Waals surface area contributed by atoms with Crippen LogP contribution in [0.2, 0.25) is 0 Å². The molecule has 2 unspecified atom stereocenters. The molecule has 54 heavy (non-hydrogen) atoms. The molecule has 0 heterocycles. The molecule has 0 aliphatic heterocycles. The number of carbonyl (C=O) groups is 4. The fourth-order valence-corrected chi connectivity index (χ4v) is 5.84. The first kappa shape index (κ1) is 49.2. The van der Waals surface area contributed by atoms with Gasteiger partial charge in [-0.25, -0.2) is 0 Å². The molecule has 0 bridgehead atoms. The molecule has 0 amide bonds. The minimum atomic E-state index is -2.11. The molecule has 3 rings (SSSR count). The second-order valence-electron chi connectivity index (χ2n) is 10.3. The number of carbonyl (C=O) groups excluding carboxylic acids is 4. The van der Waals surface area contributed by atoms with Crippen molar-refractivity contribution in [3.63, 3.8) is 0 Å². The lowest BCUT2D eigenvalue weighted by Gasteiger charge is -2.21. The second-order valence-corrected chi connectivity index (χ2v) is 12.9. The van der Waals surface area contributed by atoms with Gasteiger partial charge in [0.05, 0.1) is 36.0 Å². The zero-order valence-corrected chi connectivity index (χ0v) is 34.1. The van der Waals surface area contributed by atoms with Crippen molar-refractivity contribution in [2.24, 2.45) is 0 Å². The third-order valence-corrected chi connectivity index (χ3v) is 8.62. The quantitative estimate of drug-likeness (QED) is 0.0182. The molecule has 1 N–H and O–H groups in total. The molecule has 0 saturated heterocycles. The van der Waals surface area contributed by atoms with E-state index in [4.69, 9.17) is 27.7 Å². The highest BCUT2D eigenvalue weighted by molar-refractivity contribution is 7.98. The minimum absolute atomic E-state index is 0.0316. The summed E-state index contributed by atoms with van der Waals surface area (Å²) in [5, 5.41) is 8.76. The summed E-state index contributed by atoms with van der Waals surface area (Å²) in [5.74, 6) is 3.48. The molecule has 2 atom stereocenters. The van der Waals surface area contributed by atoms with Crippen molar-refractivity contribution < 1.29 is 46.9 Å². The van der Waals surface area contributed by atoms with Crippen LogP contribution in [-0.4, -0.2) is 42.6 Å². The van der Waals surface area contributed by atoms with Gasteiger partial charge >= 0.3 is 8.60 Å². The van der Waals surface area contributed by atoms with Gasteiger partial charge in [-0.2, -0.15) is 0 Å². The highest BCUT2D eigenvalue weighted by Crippen LogP contribution is 2.45. The maximum atomic E-state index is 11.6. The predicted molar refractivity (Wildman–Crippen MR) is 221 cm³/mol. The molecule has 0 saturated carbocycles. The third-order valence-electron chi connectivity index (χ3n) is 6.14. The van der Waals surface area contributed by atoms with Gasteiger partial charge in [-0.3, -0.25) is 18.9 Å². The first-order valence-corrected chi connectivity index (χ1v) is 19.3. The summed E-state index contributed by atoms with van der Waals surface area (Å²) in [7, 11) is -2.50. The number of allylic oxidation sites excluding steroid dienone is 5. The minimum Gasteiger partial charge on any atom is -0.512 e. The van der Waals surface area contributed by atoms with E-state index in [0.29, 0.717) is 53.2 Å². The summed E-state index contributed by atoms with van der Waals surface area (Å²) < 4.78 is 29.7. The number of aldehydes is 4. The Morgan fingerprint density at radius 2 is 1.56 bits per heavy atom. The van der Waals surface area contributed by atoms with Crippen molar-refractivity contribution in [1.82, 2.24) is 0 Å². The van der Waals surface area contributed by atoms with Crippen LogP contribution in [-0.2, 0) is 25.2 Å². The van der Waals surface area contributed by atoms with Crippen LogP contribution >= 0.6 is 29.4 Å². The molecule has 0 aliphatic rings. The van der Waals surface area contributed by atoms with Crippen LogP contribution < -0.4 is 13.6 Å². The molecule has 13 heteroatoms. The third kappa shape index (κ3) is 19.9. The number of benzene rings is 3. The highest BCUT2D eigenvalue weighted by Gasteiger charge is 2.23. The van der Waals surface area contributed by atoms with Gasteiger partial charge in [-0.15, -0.1) is 30.7 Å². The molecular formula is C41H48O10P2S. The van der Waals surface area contributed by atoms with Crippen LogP contribution in [0.5, 0.6) is 17.2 Å². The lowest BCUT2D eigenvalue weighted by Crippen LogP contribution is -2.08. The standard InChI is InChI=1S/C28H28O8P2S.C7H10O2.C3H6.C3H4/c1-19-13-25(39-4)14-24(28(19)34-37-33-21(3)20(2)15-29)18-32-38(35-26-11-7-5-9-22(26)16-30)36-27-12-8-6-10-23(27)17-31;1-2-3-4-7(9)5-6-8;2*1-3-2/h5-17,21,37H,2,18H2,1,3-4H3;2-4,6,9H,5H2,1H3;3H,1H2,2H3;1H,2H3/b;3-2-,7-4+;;. The van der Waals surface area contributed by atoms with E-state index in [1.807, 2.05) is 39.2 Å². The zero-order valence-electron chi connectivity index (χ0n) is 31.4. The van der Waals surface area contributed by atoms with Gasteiger partial charge < -0.3 is 28.0 Å². The molecule has 3 aromatic rings. The van der Waals surface area contributed by atoms with E-state index in [1.54, 1.807) is 92.4 Å². The van der Waals surface area contributed by atoms with E-state index in [-0.39, 0.29) is 30.3 Å². The van der Waals surface area contributed by atoms with Crippen LogP contribution in [0.1, 0.15) is 66.0 Å². The van der Waals surface area contributed by atoms with E-state index >= 15 is 0 Å². The van der Waals surface area contributed by atoms with Crippen molar-refractivity contribution in [1.29, 1.82) is 0 Å². The monoisotopic (exact) mass is 794 g/mol. The molecule has 0 aromatic heterocycles. The smallest absolute Gasteiger partial charge is 0.463 e. The van der Waals surface area contributed by atoms with Gasteiger partial charge in [-0.1, -0.05) is 49.1 Å². The van der Waals surface area contributed by atoms with E-state index in [9.17, 15) is 19.2 Å². The van der Waals surface area contributed by atoms with Crippen LogP contribution in [0.15, 0.2) is 114 Å². The summed E-state index contributed by atoms with van der Waals surface area (Å²) in [6.07, 6.45) is 15.6. The fourth-order valence-electron chi connectivity index (χ4n) is 3.53. The van der Waals surface area contributed by atoms with Gasteiger partial charge in [0, 0.05) is 16.0 Å². The summed E-state index contributed by atoms with van der Waals surface area (Å²) >= 11 is 1.57. The van der Waals surface area contributed by atoms with Crippen LogP contribution in [0, 0.1) is 19.3 Å². The van der Waals surface area contributed by atoms with Crippen molar-refractivity contribution >= 4 is 54.5 Å². The van der Waals surface area contributed by atoms with E-state index in [1.165, 1.54) is 6.08 Å². The molecule has 288 valence electrons. The number of terminal acetylenes is 1. The normalized spacial score (nSPS) is 11.0. The van der Waals surface area contributed by atoms with Crippen molar-refractivity contribution in [3.8, 4) is 29.6 Å². The number of aliphatic hydroxyl groups excluding tert-OH is 1. The van der Waals surface area contributed by atoms with Gasteiger partial charge in [0.2, 0.25) is 9.03 Å². The van der Waals surface area contributed by atoms with Crippen molar-refractivity contribution in [2.45, 2.75) is 58.6 Å². The average Bonchev–Trinajstić information content (AvgIpc) is 3.17. The molecule has 0 aliphatic carbocycles. The molecule has 0 radical (unpaired) electrons. The van der Waals surface area contributed by atoms with E-state index < -0.39 is 23.7 Å². The Morgan fingerprint density at radius 1 is 1.02 bits per heavy atom. The van der Waals surface area contributed by atoms with Gasteiger partial charge in [0.1, 0.15) is 29.8 Å². The molecule has 3 aromatic carbocycles. The van der Waals surface area contributed by atoms with Crippen molar-refractivity contribution in [3.05, 3.63) is 132 Å². The Kier molecular flexibility index (Phi) is 27.9. The maximum Gasteiger partial charge on any atom is 0.463 e.